The first-order chi connectivity index (χ1) is 7.25. The van der Waals surface area contributed by atoms with Gasteiger partial charge in [0.2, 0.25) is 0 Å². The van der Waals surface area contributed by atoms with Crippen LogP contribution in [0, 0.1) is 6.92 Å². The first-order valence-electron chi connectivity index (χ1n) is 5.39. The zero-order valence-electron chi connectivity index (χ0n) is 8.92. The maximum atomic E-state index is 5.96. The summed E-state index contributed by atoms with van der Waals surface area (Å²) in [7, 11) is 0. The van der Waals surface area contributed by atoms with Crippen LogP contribution < -0.4 is 10.1 Å². The lowest BCUT2D eigenvalue weighted by Gasteiger charge is -2.24. The van der Waals surface area contributed by atoms with Crippen LogP contribution in [-0.2, 0) is 0 Å². The molecule has 0 saturated carbocycles. The molecule has 1 aliphatic rings. The molecule has 0 spiro atoms. The number of hydrogen-bond acceptors (Lipinski definition) is 2. The Labute approximate surface area is 99.1 Å². The SMILES string of the molecule is Cc1cc(Br)ccc1OC1CCCNC1. The van der Waals surface area contributed by atoms with E-state index in [1.807, 2.05) is 12.1 Å². The molecule has 0 bridgehead atoms. The van der Waals surface area contributed by atoms with Crippen molar-refractivity contribution >= 4 is 15.9 Å². The minimum atomic E-state index is 0.332. The maximum absolute atomic E-state index is 5.96. The maximum Gasteiger partial charge on any atom is 0.122 e. The molecule has 1 aromatic carbocycles. The lowest BCUT2D eigenvalue weighted by molar-refractivity contribution is 0.166. The van der Waals surface area contributed by atoms with Crippen molar-refractivity contribution in [1.29, 1.82) is 0 Å². The number of piperidine rings is 1. The summed E-state index contributed by atoms with van der Waals surface area (Å²) >= 11 is 3.45. The number of benzene rings is 1. The van der Waals surface area contributed by atoms with Gasteiger partial charge in [-0.2, -0.15) is 0 Å². The van der Waals surface area contributed by atoms with E-state index in [1.165, 1.54) is 12.0 Å². The van der Waals surface area contributed by atoms with Gasteiger partial charge in [-0.15, -0.1) is 0 Å². The van der Waals surface area contributed by atoms with Crippen LogP contribution in [0.25, 0.3) is 0 Å². The third-order valence-corrected chi connectivity index (χ3v) is 3.18. The molecule has 15 heavy (non-hydrogen) atoms. The molecule has 1 saturated heterocycles. The number of aryl methyl sites for hydroxylation is 1. The van der Waals surface area contributed by atoms with Crippen LogP contribution in [0.2, 0.25) is 0 Å². The second-order valence-electron chi connectivity index (χ2n) is 4.00. The van der Waals surface area contributed by atoms with Crippen molar-refractivity contribution in [1.82, 2.24) is 5.32 Å². The summed E-state index contributed by atoms with van der Waals surface area (Å²) in [5, 5.41) is 3.35. The van der Waals surface area contributed by atoms with Crippen LogP contribution in [-0.4, -0.2) is 19.2 Å². The fourth-order valence-corrected chi connectivity index (χ4v) is 2.32. The third kappa shape index (κ3) is 2.95. The standard InChI is InChI=1S/C12H16BrNO/c1-9-7-10(13)4-5-12(9)15-11-3-2-6-14-8-11/h4-5,7,11,14H,2-3,6,8H2,1H3. The predicted octanol–water partition coefficient (Wildman–Crippen LogP) is 2.89. The highest BCUT2D eigenvalue weighted by Gasteiger charge is 2.14. The number of nitrogens with one attached hydrogen (secondary N) is 1. The third-order valence-electron chi connectivity index (χ3n) is 2.68. The van der Waals surface area contributed by atoms with E-state index in [9.17, 15) is 0 Å². The Morgan fingerprint density at radius 1 is 1.47 bits per heavy atom. The Morgan fingerprint density at radius 2 is 2.33 bits per heavy atom. The molecule has 1 atom stereocenters. The number of ether oxygens (including phenoxy) is 1. The van der Waals surface area contributed by atoms with Gasteiger partial charge < -0.3 is 10.1 Å². The van der Waals surface area contributed by atoms with Crippen molar-refractivity contribution in [3.8, 4) is 5.75 Å². The van der Waals surface area contributed by atoms with Crippen molar-refractivity contribution in [2.24, 2.45) is 0 Å². The van der Waals surface area contributed by atoms with Gasteiger partial charge in [0.1, 0.15) is 11.9 Å². The van der Waals surface area contributed by atoms with E-state index >= 15 is 0 Å². The Bertz CT molecular complexity index is 334. The Kier molecular flexibility index (Phi) is 3.65. The van der Waals surface area contributed by atoms with E-state index in [0.717, 1.165) is 29.7 Å². The van der Waals surface area contributed by atoms with Gasteiger partial charge in [-0.05, 0) is 50.1 Å². The Hall–Kier alpha value is -0.540. The quantitative estimate of drug-likeness (QED) is 0.892. The summed E-state index contributed by atoms with van der Waals surface area (Å²) in [4.78, 5) is 0. The molecule has 0 amide bonds. The summed E-state index contributed by atoms with van der Waals surface area (Å²) in [5.41, 5.74) is 1.19. The topological polar surface area (TPSA) is 21.3 Å². The predicted molar refractivity (Wildman–Crippen MR) is 65.4 cm³/mol. The molecule has 2 rings (SSSR count). The molecular formula is C12H16BrNO. The molecule has 1 aromatic rings. The average Bonchev–Trinajstić information content (AvgIpc) is 2.24. The van der Waals surface area contributed by atoms with Gasteiger partial charge in [0.15, 0.2) is 0 Å². The highest BCUT2D eigenvalue weighted by molar-refractivity contribution is 9.10. The molecule has 1 aliphatic heterocycles. The number of rotatable bonds is 2. The Morgan fingerprint density at radius 3 is 3.00 bits per heavy atom. The van der Waals surface area contributed by atoms with Gasteiger partial charge in [-0.3, -0.25) is 0 Å². The molecule has 1 unspecified atom stereocenters. The number of halogens is 1. The van der Waals surface area contributed by atoms with Crippen molar-refractivity contribution in [2.75, 3.05) is 13.1 Å². The van der Waals surface area contributed by atoms with Crippen LogP contribution >= 0.6 is 15.9 Å². The molecule has 1 fully saturated rings. The summed E-state index contributed by atoms with van der Waals surface area (Å²) < 4.78 is 7.06. The van der Waals surface area contributed by atoms with Crippen molar-refractivity contribution in [2.45, 2.75) is 25.9 Å². The molecule has 1 heterocycles. The minimum Gasteiger partial charge on any atom is -0.489 e. The van der Waals surface area contributed by atoms with E-state index < -0.39 is 0 Å². The molecule has 0 radical (unpaired) electrons. The van der Waals surface area contributed by atoms with E-state index in [2.05, 4.69) is 34.2 Å². The molecule has 0 aromatic heterocycles. The van der Waals surface area contributed by atoms with Crippen LogP contribution in [0.3, 0.4) is 0 Å². The highest BCUT2D eigenvalue weighted by Crippen LogP contribution is 2.24. The van der Waals surface area contributed by atoms with Crippen molar-refractivity contribution in [3.63, 3.8) is 0 Å². The van der Waals surface area contributed by atoms with E-state index in [1.54, 1.807) is 0 Å². The summed E-state index contributed by atoms with van der Waals surface area (Å²) in [5.74, 6) is 1.01. The van der Waals surface area contributed by atoms with Gasteiger partial charge in [-0.25, -0.2) is 0 Å². The Balaban J connectivity index is 2.03. The average molecular weight is 270 g/mol. The minimum absolute atomic E-state index is 0.332. The van der Waals surface area contributed by atoms with E-state index in [0.29, 0.717) is 6.10 Å². The van der Waals surface area contributed by atoms with Crippen LogP contribution in [0.4, 0.5) is 0 Å². The lowest BCUT2D eigenvalue weighted by atomic mass is 10.1. The fraction of sp³-hybridized carbons (Fsp3) is 0.500. The first kappa shape index (κ1) is 11.0. The van der Waals surface area contributed by atoms with Gasteiger partial charge in [0, 0.05) is 11.0 Å². The lowest BCUT2D eigenvalue weighted by Crippen LogP contribution is -2.37. The monoisotopic (exact) mass is 269 g/mol. The van der Waals surface area contributed by atoms with Gasteiger partial charge in [0.05, 0.1) is 0 Å². The number of hydrogen-bond donors (Lipinski definition) is 1. The summed E-state index contributed by atoms with van der Waals surface area (Å²) in [6.07, 6.45) is 2.70. The van der Waals surface area contributed by atoms with Crippen LogP contribution in [0.1, 0.15) is 18.4 Å². The molecular weight excluding hydrogens is 254 g/mol. The second-order valence-corrected chi connectivity index (χ2v) is 4.91. The molecule has 0 aliphatic carbocycles. The zero-order valence-corrected chi connectivity index (χ0v) is 10.5. The summed E-state index contributed by atoms with van der Waals surface area (Å²) in [6.45, 7) is 4.17. The smallest absolute Gasteiger partial charge is 0.122 e. The molecule has 2 nitrogen and oxygen atoms in total. The molecule has 3 heteroatoms. The highest BCUT2D eigenvalue weighted by atomic mass is 79.9. The largest absolute Gasteiger partial charge is 0.489 e. The zero-order chi connectivity index (χ0) is 10.7. The molecule has 82 valence electrons. The van der Waals surface area contributed by atoms with Crippen molar-refractivity contribution in [3.05, 3.63) is 28.2 Å². The van der Waals surface area contributed by atoms with Crippen LogP contribution in [0.5, 0.6) is 5.75 Å². The van der Waals surface area contributed by atoms with Crippen LogP contribution in [0.15, 0.2) is 22.7 Å². The van der Waals surface area contributed by atoms with Gasteiger partial charge >= 0.3 is 0 Å². The van der Waals surface area contributed by atoms with Gasteiger partial charge in [-0.1, -0.05) is 15.9 Å². The summed E-state index contributed by atoms with van der Waals surface area (Å²) in [6, 6.07) is 6.15. The van der Waals surface area contributed by atoms with Gasteiger partial charge in [0.25, 0.3) is 0 Å². The van der Waals surface area contributed by atoms with E-state index in [4.69, 9.17) is 4.74 Å². The molecule has 1 N–H and O–H groups in total. The normalized spacial score (nSPS) is 21.3. The first-order valence-corrected chi connectivity index (χ1v) is 6.18. The second kappa shape index (κ2) is 4.99. The van der Waals surface area contributed by atoms with Crippen molar-refractivity contribution < 1.29 is 4.74 Å². The van der Waals surface area contributed by atoms with E-state index in [-0.39, 0.29) is 0 Å². The fourth-order valence-electron chi connectivity index (χ4n) is 1.85.